The standard InChI is InChI=1S/C14H18N2O3/c1-10(2)11(3)16-19-12(4)15-14(17)18-13-8-6-5-7-9-13/h5-10H,4H2,1-3H3,(H,15,17)/b16-11+. The van der Waals surface area contributed by atoms with Gasteiger partial charge in [0.2, 0.25) is 5.88 Å². The lowest BCUT2D eigenvalue weighted by Gasteiger charge is -2.08. The second-order valence-electron chi connectivity index (χ2n) is 4.23. The van der Waals surface area contributed by atoms with Crippen LogP contribution in [0.4, 0.5) is 4.79 Å². The lowest BCUT2D eigenvalue weighted by molar-refractivity contribution is 0.174. The first kappa shape index (κ1) is 14.8. The highest BCUT2D eigenvalue weighted by atomic mass is 16.6. The maximum Gasteiger partial charge on any atom is 0.419 e. The van der Waals surface area contributed by atoms with Gasteiger partial charge in [-0.25, -0.2) is 4.79 Å². The maximum atomic E-state index is 11.5. The summed E-state index contributed by atoms with van der Waals surface area (Å²) in [5, 5.41) is 6.17. The molecule has 0 aliphatic heterocycles. The molecule has 0 atom stereocenters. The maximum absolute atomic E-state index is 11.5. The third-order valence-electron chi connectivity index (χ3n) is 2.33. The van der Waals surface area contributed by atoms with Gasteiger partial charge in [0.1, 0.15) is 5.75 Å². The van der Waals surface area contributed by atoms with Gasteiger partial charge in [0.05, 0.1) is 5.71 Å². The van der Waals surface area contributed by atoms with Crippen molar-refractivity contribution in [2.45, 2.75) is 20.8 Å². The lowest BCUT2D eigenvalue weighted by atomic mass is 10.1. The molecule has 1 amide bonds. The van der Waals surface area contributed by atoms with Crippen molar-refractivity contribution < 1.29 is 14.4 Å². The highest BCUT2D eigenvalue weighted by molar-refractivity contribution is 5.83. The summed E-state index contributed by atoms with van der Waals surface area (Å²) in [6.07, 6.45) is -0.673. The third-order valence-corrected chi connectivity index (χ3v) is 2.33. The highest BCUT2D eigenvalue weighted by Gasteiger charge is 2.07. The molecule has 1 rings (SSSR count). The fourth-order valence-electron chi connectivity index (χ4n) is 0.990. The number of nitrogens with zero attached hydrogens (tertiary/aromatic N) is 1. The van der Waals surface area contributed by atoms with Crippen LogP contribution in [0.25, 0.3) is 0 Å². The second-order valence-corrected chi connectivity index (χ2v) is 4.23. The van der Waals surface area contributed by atoms with Gasteiger partial charge in [-0.05, 0) is 31.6 Å². The van der Waals surface area contributed by atoms with E-state index in [-0.39, 0.29) is 11.8 Å². The van der Waals surface area contributed by atoms with E-state index in [0.717, 1.165) is 5.71 Å². The fraction of sp³-hybridized carbons (Fsp3) is 0.286. The Morgan fingerprint density at radius 2 is 1.95 bits per heavy atom. The molecule has 0 aliphatic carbocycles. The Morgan fingerprint density at radius 1 is 1.32 bits per heavy atom. The average molecular weight is 262 g/mol. The van der Waals surface area contributed by atoms with Crippen molar-refractivity contribution in [1.82, 2.24) is 5.32 Å². The summed E-state index contributed by atoms with van der Waals surface area (Å²) in [5.74, 6) is 0.722. The van der Waals surface area contributed by atoms with E-state index < -0.39 is 6.09 Å². The minimum atomic E-state index is -0.673. The Labute approximate surface area is 112 Å². The third kappa shape index (κ3) is 5.72. The second kappa shape index (κ2) is 7.20. The summed E-state index contributed by atoms with van der Waals surface area (Å²) < 4.78 is 5.00. The number of amides is 1. The zero-order valence-electron chi connectivity index (χ0n) is 11.3. The molecule has 0 saturated heterocycles. The van der Waals surface area contributed by atoms with Gasteiger partial charge in [-0.2, -0.15) is 0 Å². The normalized spacial score (nSPS) is 11.1. The smallest absolute Gasteiger partial charge is 0.410 e. The van der Waals surface area contributed by atoms with E-state index in [4.69, 9.17) is 9.57 Å². The van der Waals surface area contributed by atoms with Gasteiger partial charge in [-0.1, -0.05) is 37.2 Å². The van der Waals surface area contributed by atoms with E-state index >= 15 is 0 Å². The Morgan fingerprint density at radius 3 is 2.53 bits per heavy atom. The van der Waals surface area contributed by atoms with Crippen LogP contribution >= 0.6 is 0 Å². The van der Waals surface area contributed by atoms with Crippen LogP contribution in [-0.4, -0.2) is 11.8 Å². The minimum Gasteiger partial charge on any atom is -0.410 e. The summed E-state index contributed by atoms with van der Waals surface area (Å²) >= 11 is 0. The number of nitrogens with one attached hydrogen (secondary N) is 1. The first-order valence-electron chi connectivity index (χ1n) is 5.93. The van der Waals surface area contributed by atoms with Gasteiger partial charge >= 0.3 is 6.09 Å². The zero-order chi connectivity index (χ0) is 14.3. The topological polar surface area (TPSA) is 59.9 Å². The molecule has 0 heterocycles. The number of benzene rings is 1. The molecule has 19 heavy (non-hydrogen) atoms. The average Bonchev–Trinajstić information content (AvgIpc) is 2.36. The molecule has 102 valence electrons. The Bertz CT molecular complexity index is 467. The van der Waals surface area contributed by atoms with Crippen molar-refractivity contribution in [3.8, 4) is 5.75 Å². The molecule has 0 spiro atoms. The predicted molar refractivity (Wildman–Crippen MR) is 73.8 cm³/mol. The van der Waals surface area contributed by atoms with Crippen LogP contribution in [0.3, 0.4) is 0 Å². The Balaban J connectivity index is 2.41. The Kier molecular flexibility index (Phi) is 5.60. The van der Waals surface area contributed by atoms with Gasteiger partial charge in [-0.3, -0.25) is 5.32 Å². The molecule has 0 aliphatic rings. The Hall–Kier alpha value is -2.30. The van der Waals surface area contributed by atoms with Gasteiger partial charge in [0.25, 0.3) is 0 Å². The van der Waals surface area contributed by atoms with Gasteiger partial charge in [0.15, 0.2) is 0 Å². The van der Waals surface area contributed by atoms with Crippen LogP contribution in [-0.2, 0) is 4.84 Å². The summed E-state index contributed by atoms with van der Waals surface area (Å²) in [7, 11) is 0. The fourth-order valence-corrected chi connectivity index (χ4v) is 0.990. The van der Waals surface area contributed by atoms with Crippen molar-refractivity contribution in [1.29, 1.82) is 0 Å². The number of hydrogen-bond acceptors (Lipinski definition) is 4. The van der Waals surface area contributed by atoms with Crippen LogP contribution < -0.4 is 10.1 Å². The molecule has 0 unspecified atom stereocenters. The first-order chi connectivity index (χ1) is 8.99. The largest absolute Gasteiger partial charge is 0.419 e. The number of rotatable bonds is 5. The van der Waals surface area contributed by atoms with Crippen LogP contribution in [0, 0.1) is 5.92 Å². The summed E-state index contributed by atoms with van der Waals surface area (Å²) in [5.41, 5.74) is 0.805. The van der Waals surface area contributed by atoms with E-state index in [1.54, 1.807) is 24.3 Å². The van der Waals surface area contributed by atoms with Gasteiger partial charge in [0, 0.05) is 0 Å². The molecule has 5 heteroatoms. The van der Waals surface area contributed by atoms with E-state index in [2.05, 4.69) is 17.1 Å². The predicted octanol–water partition coefficient (Wildman–Crippen LogP) is 3.29. The van der Waals surface area contributed by atoms with Crippen molar-refractivity contribution >= 4 is 11.8 Å². The molecule has 1 N–H and O–H groups in total. The number of carbonyl (C=O) groups excluding carboxylic acids is 1. The number of carbonyl (C=O) groups is 1. The molecular weight excluding hydrogens is 244 g/mol. The summed E-state index contributed by atoms with van der Waals surface area (Å²) in [4.78, 5) is 16.4. The number of hydrogen-bond donors (Lipinski definition) is 1. The number of ether oxygens (including phenoxy) is 1. The monoisotopic (exact) mass is 262 g/mol. The number of para-hydroxylation sites is 1. The zero-order valence-corrected chi connectivity index (χ0v) is 11.3. The number of oxime groups is 1. The van der Waals surface area contributed by atoms with Gasteiger partial charge in [-0.15, -0.1) is 0 Å². The molecule has 0 radical (unpaired) electrons. The molecular formula is C14H18N2O3. The highest BCUT2D eigenvalue weighted by Crippen LogP contribution is 2.08. The van der Waals surface area contributed by atoms with Crippen LogP contribution in [0.15, 0.2) is 47.9 Å². The van der Waals surface area contributed by atoms with Crippen LogP contribution in [0.5, 0.6) is 5.75 Å². The van der Waals surface area contributed by atoms with E-state index in [0.29, 0.717) is 5.75 Å². The van der Waals surface area contributed by atoms with Crippen LogP contribution in [0.1, 0.15) is 20.8 Å². The first-order valence-corrected chi connectivity index (χ1v) is 5.93. The van der Waals surface area contributed by atoms with Crippen LogP contribution in [0.2, 0.25) is 0 Å². The van der Waals surface area contributed by atoms with E-state index in [1.165, 1.54) is 0 Å². The molecule has 0 bridgehead atoms. The van der Waals surface area contributed by atoms with Gasteiger partial charge < -0.3 is 9.57 Å². The van der Waals surface area contributed by atoms with E-state index in [9.17, 15) is 4.79 Å². The van der Waals surface area contributed by atoms with Crippen molar-refractivity contribution in [2.75, 3.05) is 0 Å². The van der Waals surface area contributed by atoms with Crippen molar-refractivity contribution in [2.24, 2.45) is 11.1 Å². The molecule has 0 fully saturated rings. The lowest BCUT2D eigenvalue weighted by Crippen LogP contribution is -2.26. The van der Waals surface area contributed by atoms with E-state index in [1.807, 2.05) is 26.8 Å². The molecule has 1 aromatic rings. The molecule has 0 saturated carbocycles. The van der Waals surface area contributed by atoms with Crippen molar-refractivity contribution in [3.63, 3.8) is 0 Å². The SMILES string of the molecule is C=C(NC(=O)Oc1ccccc1)O/N=C(\C)C(C)C. The van der Waals surface area contributed by atoms with Crippen molar-refractivity contribution in [3.05, 3.63) is 42.8 Å². The quantitative estimate of drug-likeness (QED) is 0.503. The summed E-state index contributed by atoms with van der Waals surface area (Å²) in [6, 6.07) is 8.71. The molecule has 5 nitrogen and oxygen atoms in total. The molecule has 0 aromatic heterocycles. The minimum absolute atomic E-state index is 0.0148. The molecule has 1 aromatic carbocycles. The summed E-state index contributed by atoms with van der Waals surface area (Å²) in [6.45, 7) is 9.34.